The Morgan fingerprint density at radius 3 is 2.12 bits per heavy atom. The van der Waals surface area contributed by atoms with Gasteiger partial charge >= 0.3 is 0 Å². The summed E-state index contributed by atoms with van der Waals surface area (Å²) in [5.41, 5.74) is 0. The lowest BCUT2D eigenvalue weighted by Crippen LogP contribution is -2.59. The second-order valence-electron chi connectivity index (χ2n) is 5.91. The molecular formula is C14H28O10. The van der Waals surface area contributed by atoms with Crippen LogP contribution < -0.4 is 0 Å². The molecule has 1 heterocycles. The lowest BCUT2D eigenvalue weighted by Gasteiger charge is -2.40. The number of aliphatic hydroxyl groups excluding tert-OH is 7. The Balaban J connectivity index is 2.60. The molecule has 1 aliphatic heterocycles. The zero-order valence-corrected chi connectivity index (χ0v) is 13.7. The highest BCUT2D eigenvalue weighted by Gasteiger charge is 2.44. The first-order valence-electron chi connectivity index (χ1n) is 7.70. The maximum absolute atomic E-state index is 10.1. The first kappa shape index (κ1) is 21.6. The summed E-state index contributed by atoms with van der Waals surface area (Å²) >= 11 is 0. The van der Waals surface area contributed by atoms with Gasteiger partial charge < -0.3 is 50.0 Å². The maximum atomic E-state index is 10.1. The van der Waals surface area contributed by atoms with Crippen LogP contribution in [0.15, 0.2) is 0 Å². The Morgan fingerprint density at radius 2 is 1.62 bits per heavy atom. The fourth-order valence-electron chi connectivity index (χ4n) is 2.60. The molecule has 0 radical (unpaired) electrons. The fraction of sp³-hybridized carbons (Fsp3) is 1.00. The van der Waals surface area contributed by atoms with Crippen molar-refractivity contribution in [2.45, 2.75) is 55.9 Å². The molecule has 144 valence electrons. The SMILES string of the molecule is CO[C@@H]([C@H](C)[C@H](O)CO[C@@H]1O[C@H](CO)[C@@H](O)[C@H](O)[C@H]1O)[C@H](O)CO. The van der Waals surface area contributed by atoms with E-state index in [0.717, 1.165) is 0 Å². The molecule has 0 spiro atoms. The molecule has 1 fully saturated rings. The quantitative estimate of drug-likeness (QED) is 0.217. The van der Waals surface area contributed by atoms with E-state index < -0.39 is 68.1 Å². The molecule has 9 atom stereocenters. The van der Waals surface area contributed by atoms with Crippen molar-refractivity contribution >= 4 is 0 Å². The van der Waals surface area contributed by atoms with Gasteiger partial charge in [0, 0.05) is 13.0 Å². The first-order valence-corrected chi connectivity index (χ1v) is 7.70. The molecule has 0 amide bonds. The minimum atomic E-state index is -1.57. The third-order valence-corrected chi connectivity index (χ3v) is 4.24. The Labute approximate surface area is 139 Å². The van der Waals surface area contributed by atoms with Gasteiger partial charge in [0.2, 0.25) is 0 Å². The zero-order valence-electron chi connectivity index (χ0n) is 13.7. The summed E-state index contributed by atoms with van der Waals surface area (Å²) in [7, 11) is 1.32. The highest BCUT2D eigenvalue weighted by molar-refractivity contribution is 4.89. The molecule has 10 nitrogen and oxygen atoms in total. The molecule has 1 saturated heterocycles. The van der Waals surface area contributed by atoms with Gasteiger partial charge in [0.1, 0.15) is 30.5 Å². The van der Waals surface area contributed by atoms with Crippen LogP contribution in [0.25, 0.3) is 0 Å². The number of methoxy groups -OCH3 is 1. The molecule has 0 saturated carbocycles. The van der Waals surface area contributed by atoms with E-state index in [9.17, 15) is 25.5 Å². The smallest absolute Gasteiger partial charge is 0.186 e. The Kier molecular flexibility index (Phi) is 8.95. The van der Waals surface area contributed by atoms with E-state index in [1.165, 1.54) is 7.11 Å². The number of rotatable bonds is 9. The molecule has 0 aromatic carbocycles. The molecule has 0 aromatic rings. The van der Waals surface area contributed by atoms with Gasteiger partial charge in [-0.2, -0.15) is 0 Å². The van der Waals surface area contributed by atoms with Crippen molar-refractivity contribution < 1.29 is 50.0 Å². The molecule has 1 rings (SSSR count). The summed E-state index contributed by atoms with van der Waals surface area (Å²) in [5, 5.41) is 67.0. The minimum absolute atomic E-state index is 0.331. The minimum Gasteiger partial charge on any atom is -0.394 e. The second-order valence-corrected chi connectivity index (χ2v) is 5.91. The average Bonchev–Trinajstić information content (AvgIpc) is 2.59. The van der Waals surface area contributed by atoms with E-state index >= 15 is 0 Å². The monoisotopic (exact) mass is 356 g/mol. The lowest BCUT2D eigenvalue weighted by molar-refractivity contribution is -0.306. The van der Waals surface area contributed by atoms with Crippen LogP contribution in [0, 0.1) is 5.92 Å². The van der Waals surface area contributed by atoms with E-state index in [-0.39, 0.29) is 6.61 Å². The standard InChI is InChI=1S/C14H28O10/c1-6(13(22-2)7(17)3-15)8(18)5-23-14-12(21)11(20)10(19)9(4-16)24-14/h6-21H,3-5H2,1-2H3/t6-,7-,8-,9-,10-,11+,12-,13+,14-/m1/s1. The summed E-state index contributed by atoms with van der Waals surface area (Å²) in [4.78, 5) is 0. The summed E-state index contributed by atoms with van der Waals surface area (Å²) in [5.74, 6) is -0.623. The van der Waals surface area contributed by atoms with Gasteiger partial charge in [-0.05, 0) is 0 Å². The van der Waals surface area contributed by atoms with E-state index in [0.29, 0.717) is 0 Å². The van der Waals surface area contributed by atoms with Crippen molar-refractivity contribution in [3.8, 4) is 0 Å². The predicted octanol–water partition coefficient (Wildman–Crippen LogP) is -3.83. The Hall–Kier alpha value is -0.400. The third-order valence-electron chi connectivity index (χ3n) is 4.24. The number of hydrogen-bond donors (Lipinski definition) is 7. The van der Waals surface area contributed by atoms with Gasteiger partial charge in [0.15, 0.2) is 6.29 Å². The second kappa shape index (κ2) is 9.92. The van der Waals surface area contributed by atoms with Crippen LogP contribution in [-0.2, 0) is 14.2 Å². The van der Waals surface area contributed by atoms with Crippen LogP contribution in [0.3, 0.4) is 0 Å². The fourth-order valence-corrected chi connectivity index (χ4v) is 2.60. The van der Waals surface area contributed by atoms with Gasteiger partial charge in [-0.3, -0.25) is 0 Å². The number of ether oxygens (including phenoxy) is 3. The summed E-state index contributed by atoms with van der Waals surface area (Å²) in [6.07, 6.45) is -10.3. The molecule has 0 aromatic heterocycles. The van der Waals surface area contributed by atoms with Crippen molar-refractivity contribution in [2.24, 2.45) is 5.92 Å². The van der Waals surface area contributed by atoms with Crippen molar-refractivity contribution in [2.75, 3.05) is 26.9 Å². The van der Waals surface area contributed by atoms with E-state index in [1.807, 2.05) is 0 Å². The molecular weight excluding hydrogens is 328 g/mol. The first-order chi connectivity index (χ1) is 11.3. The van der Waals surface area contributed by atoms with Crippen molar-refractivity contribution in [3.63, 3.8) is 0 Å². The van der Waals surface area contributed by atoms with Gasteiger partial charge in [-0.1, -0.05) is 6.92 Å². The molecule has 24 heavy (non-hydrogen) atoms. The van der Waals surface area contributed by atoms with Crippen LogP contribution >= 0.6 is 0 Å². The topological polar surface area (TPSA) is 169 Å². The molecule has 0 aliphatic carbocycles. The normalized spacial score (nSPS) is 36.1. The summed E-state index contributed by atoms with van der Waals surface area (Å²) in [6.45, 7) is 0.123. The number of aliphatic hydroxyl groups is 7. The molecule has 1 aliphatic rings. The predicted molar refractivity (Wildman–Crippen MR) is 78.8 cm³/mol. The van der Waals surface area contributed by atoms with Crippen LogP contribution in [0.5, 0.6) is 0 Å². The van der Waals surface area contributed by atoms with Crippen LogP contribution in [0.2, 0.25) is 0 Å². The average molecular weight is 356 g/mol. The highest BCUT2D eigenvalue weighted by atomic mass is 16.7. The van der Waals surface area contributed by atoms with E-state index in [2.05, 4.69) is 0 Å². The zero-order chi connectivity index (χ0) is 18.4. The van der Waals surface area contributed by atoms with Crippen LogP contribution in [0.4, 0.5) is 0 Å². The van der Waals surface area contributed by atoms with Gasteiger partial charge in [0.05, 0.1) is 32.0 Å². The lowest BCUT2D eigenvalue weighted by atomic mass is 9.94. The van der Waals surface area contributed by atoms with Crippen molar-refractivity contribution in [1.29, 1.82) is 0 Å². The van der Waals surface area contributed by atoms with E-state index in [1.54, 1.807) is 6.92 Å². The molecule has 10 heteroatoms. The Morgan fingerprint density at radius 1 is 1.00 bits per heavy atom. The van der Waals surface area contributed by atoms with Gasteiger partial charge in [-0.15, -0.1) is 0 Å². The van der Waals surface area contributed by atoms with Crippen molar-refractivity contribution in [1.82, 2.24) is 0 Å². The molecule has 0 bridgehead atoms. The summed E-state index contributed by atoms with van der Waals surface area (Å²) < 4.78 is 15.4. The van der Waals surface area contributed by atoms with Crippen LogP contribution in [0.1, 0.15) is 6.92 Å². The summed E-state index contributed by atoms with van der Waals surface area (Å²) in [6, 6.07) is 0. The molecule has 7 N–H and O–H groups in total. The molecule has 0 unspecified atom stereocenters. The Bertz CT molecular complexity index is 354. The van der Waals surface area contributed by atoms with Gasteiger partial charge in [0.25, 0.3) is 0 Å². The largest absolute Gasteiger partial charge is 0.394 e. The maximum Gasteiger partial charge on any atom is 0.186 e. The van der Waals surface area contributed by atoms with Gasteiger partial charge in [-0.25, -0.2) is 0 Å². The van der Waals surface area contributed by atoms with Crippen molar-refractivity contribution in [3.05, 3.63) is 0 Å². The third kappa shape index (κ3) is 5.05. The highest BCUT2D eigenvalue weighted by Crippen LogP contribution is 2.23. The van der Waals surface area contributed by atoms with E-state index in [4.69, 9.17) is 24.4 Å². The number of hydrogen-bond acceptors (Lipinski definition) is 10. The van der Waals surface area contributed by atoms with Crippen LogP contribution in [-0.4, -0.2) is 112 Å².